The van der Waals surface area contributed by atoms with E-state index in [-0.39, 0.29) is 62.5 Å². The molecular weight excluding hydrogens is 247 g/mol. The van der Waals surface area contributed by atoms with Crippen molar-refractivity contribution in [2.45, 2.75) is 32.6 Å². The molecule has 0 aromatic heterocycles. The van der Waals surface area contributed by atoms with Gasteiger partial charge in [-0.2, -0.15) is 0 Å². The molecule has 0 heterocycles. The average molecular weight is 262 g/mol. The van der Waals surface area contributed by atoms with Crippen LogP contribution in [-0.4, -0.2) is 4.92 Å². The maximum Gasteiger partial charge on any atom is 1.00 e. The standard InChI is InChI=1S/C11H16N2O3.K/c1-4-11(2,3)7-5-8(12)10(14)9(6-7)13(15)16;/h5-6,14H,4,12H2,1-3H3;/q;+1/p-1. The van der Waals surface area contributed by atoms with Gasteiger partial charge in [-0.15, -0.1) is 0 Å². The summed E-state index contributed by atoms with van der Waals surface area (Å²) in [5.74, 6) is -0.708. The van der Waals surface area contributed by atoms with Gasteiger partial charge in [-0.3, -0.25) is 10.1 Å². The first-order chi connectivity index (χ1) is 7.29. The number of hydrogen-bond donors (Lipinski definition) is 1. The van der Waals surface area contributed by atoms with Crippen LogP contribution in [0.25, 0.3) is 0 Å². The zero-order chi connectivity index (χ0) is 12.5. The van der Waals surface area contributed by atoms with Crippen molar-refractivity contribution in [1.82, 2.24) is 0 Å². The van der Waals surface area contributed by atoms with E-state index >= 15 is 0 Å². The molecule has 0 aliphatic rings. The predicted molar refractivity (Wildman–Crippen MR) is 60.3 cm³/mol. The molecule has 0 fully saturated rings. The summed E-state index contributed by atoms with van der Waals surface area (Å²) < 4.78 is 0. The van der Waals surface area contributed by atoms with Gasteiger partial charge in [0.05, 0.1) is 4.92 Å². The van der Waals surface area contributed by atoms with Crippen LogP contribution in [0.2, 0.25) is 0 Å². The van der Waals surface area contributed by atoms with Gasteiger partial charge in [0, 0.05) is 11.8 Å². The Morgan fingerprint density at radius 1 is 1.41 bits per heavy atom. The van der Waals surface area contributed by atoms with Crippen molar-refractivity contribution in [3.05, 3.63) is 27.8 Å². The average Bonchev–Trinajstić information content (AvgIpc) is 2.21. The minimum absolute atomic E-state index is 0. The molecule has 0 radical (unpaired) electrons. The summed E-state index contributed by atoms with van der Waals surface area (Å²) >= 11 is 0. The van der Waals surface area contributed by atoms with Crippen LogP contribution in [-0.2, 0) is 5.41 Å². The summed E-state index contributed by atoms with van der Waals surface area (Å²) in [6.07, 6.45) is 0.807. The van der Waals surface area contributed by atoms with Crippen LogP contribution in [0.5, 0.6) is 5.75 Å². The van der Waals surface area contributed by atoms with Crippen LogP contribution >= 0.6 is 0 Å². The van der Waals surface area contributed by atoms with Gasteiger partial charge in [-0.05, 0) is 29.2 Å². The van der Waals surface area contributed by atoms with E-state index in [1.165, 1.54) is 12.1 Å². The Morgan fingerprint density at radius 2 is 1.94 bits per heavy atom. The summed E-state index contributed by atoms with van der Waals surface area (Å²) in [6, 6.07) is 2.85. The van der Waals surface area contributed by atoms with Crippen molar-refractivity contribution in [3.8, 4) is 5.75 Å². The van der Waals surface area contributed by atoms with Gasteiger partial charge in [-0.25, -0.2) is 0 Å². The van der Waals surface area contributed by atoms with E-state index in [0.29, 0.717) is 0 Å². The molecule has 6 heteroatoms. The van der Waals surface area contributed by atoms with Gasteiger partial charge in [0.25, 0.3) is 5.69 Å². The maximum atomic E-state index is 11.4. The first kappa shape index (κ1) is 16.9. The Morgan fingerprint density at radius 3 is 2.35 bits per heavy atom. The normalized spacial score (nSPS) is 10.8. The van der Waals surface area contributed by atoms with Gasteiger partial charge in [0.1, 0.15) is 0 Å². The topological polar surface area (TPSA) is 92.2 Å². The van der Waals surface area contributed by atoms with Gasteiger partial charge < -0.3 is 10.8 Å². The Bertz CT molecular complexity index is 433. The van der Waals surface area contributed by atoms with Crippen molar-refractivity contribution in [2.75, 3.05) is 5.73 Å². The fourth-order valence-electron chi connectivity index (χ4n) is 1.37. The van der Waals surface area contributed by atoms with Crippen LogP contribution in [0.4, 0.5) is 11.4 Å². The molecule has 0 saturated carbocycles. The molecule has 0 bridgehead atoms. The van der Waals surface area contributed by atoms with Gasteiger partial charge >= 0.3 is 51.4 Å². The summed E-state index contributed by atoms with van der Waals surface area (Å²) in [7, 11) is 0. The van der Waals surface area contributed by atoms with Gasteiger partial charge in [0.15, 0.2) is 0 Å². The van der Waals surface area contributed by atoms with Gasteiger partial charge in [0.2, 0.25) is 0 Å². The molecule has 5 nitrogen and oxygen atoms in total. The molecule has 0 saturated heterocycles. The van der Waals surface area contributed by atoms with Crippen LogP contribution in [0.15, 0.2) is 12.1 Å². The molecule has 1 aromatic rings. The number of nitrogen functional groups attached to an aromatic ring is 1. The molecule has 0 spiro atoms. The molecule has 2 N–H and O–H groups in total. The summed E-state index contributed by atoms with van der Waals surface area (Å²) in [6.45, 7) is 5.89. The number of nitro groups is 1. The van der Waals surface area contributed by atoms with E-state index in [1.54, 1.807) is 0 Å². The molecule has 0 unspecified atom stereocenters. The number of benzene rings is 1. The van der Waals surface area contributed by atoms with Crippen molar-refractivity contribution in [2.24, 2.45) is 0 Å². The predicted octanol–water partition coefficient (Wildman–Crippen LogP) is -1.06. The molecule has 1 aromatic carbocycles. The van der Waals surface area contributed by atoms with Crippen LogP contribution in [0.1, 0.15) is 32.8 Å². The number of rotatable bonds is 3. The summed E-state index contributed by atoms with van der Waals surface area (Å²) in [4.78, 5) is 10.0. The minimum atomic E-state index is -0.708. The third-order valence-corrected chi connectivity index (χ3v) is 2.96. The van der Waals surface area contributed by atoms with Crippen molar-refractivity contribution < 1.29 is 61.4 Å². The van der Waals surface area contributed by atoms with E-state index in [9.17, 15) is 15.2 Å². The Hall–Kier alpha value is -0.144. The van der Waals surface area contributed by atoms with Crippen molar-refractivity contribution >= 4 is 11.4 Å². The fraction of sp³-hybridized carbons (Fsp3) is 0.455. The zero-order valence-electron chi connectivity index (χ0n) is 10.6. The van der Waals surface area contributed by atoms with E-state index in [0.717, 1.165) is 12.0 Å². The van der Waals surface area contributed by atoms with Crippen LogP contribution in [0.3, 0.4) is 0 Å². The molecule has 0 aliphatic heterocycles. The number of nitrogens with zero attached hydrogens (tertiary/aromatic N) is 1. The smallest absolute Gasteiger partial charge is 0.866 e. The molecular formula is C11H15KN2O3. The van der Waals surface area contributed by atoms with E-state index < -0.39 is 16.4 Å². The maximum absolute atomic E-state index is 11.4. The largest absolute Gasteiger partial charge is 1.00 e. The second-order valence-electron chi connectivity index (χ2n) is 4.41. The summed E-state index contributed by atoms with van der Waals surface area (Å²) in [5.41, 5.74) is 5.47. The molecule has 17 heavy (non-hydrogen) atoms. The number of nitrogens with two attached hydrogens (primary N) is 1. The van der Waals surface area contributed by atoms with E-state index in [2.05, 4.69) is 0 Å². The first-order valence-corrected chi connectivity index (χ1v) is 5.05. The van der Waals surface area contributed by atoms with Crippen LogP contribution in [0, 0.1) is 10.1 Å². The molecule has 1 rings (SSSR count). The second kappa shape index (κ2) is 6.15. The van der Waals surface area contributed by atoms with Crippen molar-refractivity contribution in [3.63, 3.8) is 0 Å². The third kappa shape index (κ3) is 3.66. The second-order valence-corrected chi connectivity index (χ2v) is 4.41. The molecule has 0 atom stereocenters. The monoisotopic (exact) mass is 262 g/mol. The number of hydrogen-bond acceptors (Lipinski definition) is 4. The third-order valence-electron chi connectivity index (χ3n) is 2.96. The zero-order valence-corrected chi connectivity index (χ0v) is 13.7. The Kier molecular flexibility index (Phi) is 6.10. The Labute approximate surface area is 143 Å². The van der Waals surface area contributed by atoms with Crippen molar-refractivity contribution in [1.29, 1.82) is 0 Å². The van der Waals surface area contributed by atoms with E-state index in [1.807, 2.05) is 20.8 Å². The quantitative estimate of drug-likeness (QED) is 0.325. The first-order valence-electron chi connectivity index (χ1n) is 5.05. The number of anilines is 1. The fourth-order valence-corrected chi connectivity index (χ4v) is 1.37. The SMILES string of the molecule is CCC(C)(C)c1cc(N)c([O-])c([N+](=O)[O-])c1.[K+]. The van der Waals surface area contributed by atoms with Crippen LogP contribution < -0.4 is 62.2 Å². The number of nitro benzene ring substituents is 1. The molecule has 88 valence electrons. The molecule has 0 aliphatic carbocycles. The van der Waals surface area contributed by atoms with Gasteiger partial charge in [-0.1, -0.05) is 20.8 Å². The summed E-state index contributed by atoms with van der Waals surface area (Å²) in [5, 5.41) is 22.1. The minimum Gasteiger partial charge on any atom is -0.866 e. The van der Waals surface area contributed by atoms with E-state index in [4.69, 9.17) is 5.73 Å². The Balaban J connectivity index is 0.00000256. The molecule has 0 amide bonds.